The lowest BCUT2D eigenvalue weighted by atomic mass is 9.99. The van der Waals surface area contributed by atoms with Gasteiger partial charge in [0.2, 0.25) is 20.0 Å². The van der Waals surface area contributed by atoms with Crippen molar-refractivity contribution in [2.75, 3.05) is 27.2 Å². The molecule has 2 aromatic carbocycles. The fraction of sp³-hybridized carbons (Fsp3) is 0.441. The number of halogens is 4. The summed E-state index contributed by atoms with van der Waals surface area (Å²) in [5.74, 6) is -0.787. The van der Waals surface area contributed by atoms with Crippen LogP contribution in [-0.4, -0.2) is 71.3 Å². The Morgan fingerprint density at radius 2 is 1.74 bits per heavy atom. The van der Waals surface area contributed by atoms with E-state index in [0.29, 0.717) is 24.0 Å². The van der Waals surface area contributed by atoms with E-state index in [1.165, 1.54) is 56.6 Å². The Bertz CT molecular complexity index is 1850. The van der Waals surface area contributed by atoms with Crippen LogP contribution >= 0.6 is 23.2 Å². The van der Waals surface area contributed by atoms with E-state index in [9.17, 15) is 30.4 Å². The van der Waals surface area contributed by atoms with Gasteiger partial charge in [0.15, 0.2) is 11.5 Å². The summed E-state index contributed by atoms with van der Waals surface area (Å²) >= 11 is 13.0. The number of benzene rings is 2. The Hall–Kier alpha value is -3.01. The van der Waals surface area contributed by atoms with E-state index in [0.717, 1.165) is 27.5 Å². The lowest BCUT2D eigenvalue weighted by Gasteiger charge is -2.34. The Morgan fingerprint density at radius 3 is 2.36 bits per heavy atom. The molecule has 1 aliphatic heterocycles. The molecule has 16 heteroatoms. The first kappa shape index (κ1) is 39.8. The van der Waals surface area contributed by atoms with Crippen molar-refractivity contribution < 1.29 is 44.6 Å². The van der Waals surface area contributed by atoms with E-state index < -0.39 is 44.8 Å². The molecule has 0 radical (unpaired) electrons. The number of esters is 1. The first-order valence-electron chi connectivity index (χ1n) is 15.9. The molecule has 0 amide bonds. The molecule has 0 spiro atoms. The number of nitrogens with zero attached hydrogens (tertiary/aromatic N) is 2. The maximum atomic E-state index is 14.1. The number of ether oxygens (including phenoxy) is 3. The standard InChI is InChI=1S/C34H40Cl2F2N2O8S2/c1-5-27(35)26(28(36)6-2)20-31(23-15-16-30(48-34(37)38)32(18-23)46-21-22-13-14-22)47-33(41)29-12-7-8-17-40(29)50(44,45)25-11-9-10-24(19-25)49(42,43)39(3)4/h5-6,9-11,15-16,18-19,22,29,31,34H,1,7-8,12-14,17,20-21H2,2-4H3/b27-26+,28-6+/t29-,31-/m0/s1. The number of alkyl halides is 2. The molecule has 10 nitrogen and oxygen atoms in total. The van der Waals surface area contributed by atoms with Crippen LogP contribution in [0.3, 0.4) is 0 Å². The van der Waals surface area contributed by atoms with Crippen LogP contribution in [0.5, 0.6) is 11.5 Å². The van der Waals surface area contributed by atoms with Crippen molar-refractivity contribution in [2.24, 2.45) is 5.92 Å². The highest BCUT2D eigenvalue weighted by molar-refractivity contribution is 7.90. The topological polar surface area (TPSA) is 120 Å². The molecule has 2 fully saturated rings. The molecule has 1 heterocycles. The van der Waals surface area contributed by atoms with Crippen molar-refractivity contribution in [2.45, 2.75) is 74.0 Å². The normalized spacial score (nSPS) is 18.8. The van der Waals surface area contributed by atoms with Crippen LogP contribution in [-0.2, 0) is 29.6 Å². The molecule has 1 aliphatic carbocycles. The van der Waals surface area contributed by atoms with Crippen LogP contribution in [0.4, 0.5) is 8.78 Å². The molecule has 4 rings (SSSR count). The van der Waals surface area contributed by atoms with Gasteiger partial charge in [0.05, 0.1) is 16.4 Å². The van der Waals surface area contributed by atoms with Gasteiger partial charge in [0, 0.05) is 37.1 Å². The van der Waals surface area contributed by atoms with E-state index >= 15 is 0 Å². The van der Waals surface area contributed by atoms with Gasteiger partial charge in [-0.05, 0) is 86.4 Å². The lowest BCUT2D eigenvalue weighted by molar-refractivity contribution is -0.155. The van der Waals surface area contributed by atoms with E-state index in [-0.39, 0.29) is 63.3 Å². The third-order valence-corrected chi connectivity index (χ3v) is 12.8. The number of carbonyl (C=O) groups is 1. The predicted octanol–water partition coefficient (Wildman–Crippen LogP) is 7.37. The average Bonchev–Trinajstić information content (AvgIpc) is 3.93. The number of sulfonamides is 2. The SMILES string of the molecule is C=C/C(Cl)=C(C[C@H](OC(=O)[C@@H]1CCCCN1S(=O)(=O)c1cccc(S(=O)(=O)N(C)C)c1)c1ccc(OC(F)F)c(OCC2CC2)c1)\C(Cl)=C/C. The van der Waals surface area contributed by atoms with E-state index in [2.05, 4.69) is 11.3 Å². The van der Waals surface area contributed by atoms with Gasteiger partial charge in [-0.1, -0.05) is 54.1 Å². The highest BCUT2D eigenvalue weighted by atomic mass is 35.5. The Labute approximate surface area is 302 Å². The number of allylic oxidation sites excluding steroid dienone is 4. The van der Waals surface area contributed by atoms with Gasteiger partial charge in [-0.3, -0.25) is 4.79 Å². The molecule has 0 aromatic heterocycles. The molecule has 274 valence electrons. The molecule has 0 unspecified atom stereocenters. The summed E-state index contributed by atoms with van der Waals surface area (Å²) in [5.41, 5.74) is 0.688. The molecule has 2 aromatic rings. The number of rotatable bonds is 16. The molecule has 1 saturated carbocycles. The first-order valence-corrected chi connectivity index (χ1v) is 19.5. The van der Waals surface area contributed by atoms with Crippen LogP contribution in [0.15, 0.2) is 86.6 Å². The van der Waals surface area contributed by atoms with Crippen molar-refractivity contribution in [3.8, 4) is 11.5 Å². The van der Waals surface area contributed by atoms with Crippen molar-refractivity contribution in [1.82, 2.24) is 8.61 Å². The maximum Gasteiger partial charge on any atom is 0.387 e. The third-order valence-electron chi connectivity index (χ3n) is 8.30. The molecule has 1 saturated heterocycles. The summed E-state index contributed by atoms with van der Waals surface area (Å²) in [6.45, 7) is 2.53. The third kappa shape index (κ3) is 9.65. The van der Waals surface area contributed by atoms with Crippen molar-refractivity contribution in [1.29, 1.82) is 0 Å². The quantitative estimate of drug-likeness (QED) is 0.128. The molecule has 2 atom stereocenters. The van der Waals surface area contributed by atoms with Gasteiger partial charge in [-0.25, -0.2) is 21.1 Å². The zero-order chi connectivity index (χ0) is 36.8. The summed E-state index contributed by atoms with van der Waals surface area (Å²) in [7, 11) is -5.68. The molecule has 2 aliphatic rings. The Morgan fingerprint density at radius 1 is 1.04 bits per heavy atom. The number of carbonyl (C=O) groups excluding carboxylic acids is 1. The van der Waals surface area contributed by atoms with Crippen molar-refractivity contribution in [3.05, 3.63) is 82.4 Å². The van der Waals surface area contributed by atoms with Gasteiger partial charge < -0.3 is 14.2 Å². The summed E-state index contributed by atoms with van der Waals surface area (Å²) in [6.07, 6.45) is 4.69. The predicted molar refractivity (Wildman–Crippen MR) is 186 cm³/mol. The summed E-state index contributed by atoms with van der Waals surface area (Å²) < 4.78 is 98.7. The van der Waals surface area contributed by atoms with Crippen LogP contribution in [0.1, 0.15) is 57.1 Å². The maximum absolute atomic E-state index is 14.1. The summed E-state index contributed by atoms with van der Waals surface area (Å²) in [4.78, 5) is 13.5. The molecular formula is C34H40Cl2F2N2O8S2. The Balaban J connectivity index is 1.73. The minimum absolute atomic E-state index is 0.0163. The van der Waals surface area contributed by atoms with Crippen molar-refractivity contribution in [3.63, 3.8) is 0 Å². The molecule has 50 heavy (non-hydrogen) atoms. The lowest BCUT2D eigenvalue weighted by Crippen LogP contribution is -2.48. The summed E-state index contributed by atoms with van der Waals surface area (Å²) in [6, 6.07) is 7.83. The smallest absolute Gasteiger partial charge is 0.387 e. The van der Waals surface area contributed by atoms with E-state index in [1.54, 1.807) is 13.0 Å². The van der Waals surface area contributed by atoms with Crippen molar-refractivity contribution >= 4 is 49.2 Å². The zero-order valence-electron chi connectivity index (χ0n) is 27.9. The largest absolute Gasteiger partial charge is 0.489 e. The van der Waals surface area contributed by atoms with E-state index in [1.807, 2.05) is 0 Å². The number of piperidine rings is 1. The van der Waals surface area contributed by atoms with Gasteiger partial charge in [-0.15, -0.1) is 0 Å². The van der Waals surface area contributed by atoms with E-state index in [4.69, 9.17) is 32.7 Å². The highest BCUT2D eigenvalue weighted by Gasteiger charge is 2.40. The second kappa shape index (κ2) is 17.0. The fourth-order valence-corrected chi connectivity index (χ4v) is 8.45. The van der Waals surface area contributed by atoms with Crippen LogP contribution < -0.4 is 9.47 Å². The second-order valence-corrected chi connectivity index (χ2v) is 16.9. The number of hydrogen-bond donors (Lipinski definition) is 0. The Kier molecular flexibility index (Phi) is 13.5. The zero-order valence-corrected chi connectivity index (χ0v) is 31.0. The van der Waals surface area contributed by atoms with Crippen LogP contribution in [0.2, 0.25) is 0 Å². The minimum atomic E-state index is -4.39. The first-order chi connectivity index (χ1) is 23.6. The monoisotopic (exact) mass is 776 g/mol. The van der Waals surface area contributed by atoms with Gasteiger partial charge in [0.1, 0.15) is 12.1 Å². The molecule has 0 N–H and O–H groups in total. The van der Waals surface area contributed by atoms with Gasteiger partial charge in [0.25, 0.3) is 0 Å². The minimum Gasteiger partial charge on any atom is -0.489 e. The van der Waals surface area contributed by atoms with Crippen LogP contribution in [0, 0.1) is 5.92 Å². The average molecular weight is 778 g/mol. The van der Waals surface area contributed by atoms with Gasteiger partial charge >= 0.3 is 12.6 Å². The highest BCUT2D eigenvalue weighted by Crippen LogP contribution is 2.40. The molecular weight excluding hydrogens is 737 g/mol. The van der Waals surface area contributed by atoms with Crippen LogP contribution in [0.25, 0.3) is 0 Å². The summed E-state index contributed by atoms with van der Waals surface area (Å²) in [5, 5.41) is 0.416. The fourth-order valence-electron chi connectivity index (χ4n) is 5.33. The number of hydrogen-bond acceptors (Lipinski definition) is 8. The second-order valence-electron chi connectivity index (χ2n) is 12.0. The van der Waals surface area contributed by atoms with Gasteiger partial charge in [-0.2, -0.15) is 13.1 Å². The molecule has 0 bridgehead atoms.